The number of methoxy groups -OCH3 is 3. The predicted octanol–water partition coefficient (Wildman–Crippen LogP) is 5.47. The number of aromatic hydroxyl groups is 3. The molecule has 0 radical (unpaired) electrons. The van der Waals surface area contributed by atoms with Crippen molar-refractivity contribution in [1.82, 2.24) is 4.40 Å². The minimum atomic E-state index is -0.659. The lowest BCUT2D eigenvalue weighted by molar-refractivity contribution is 0.373. The molecule has 2 heterocycles. The fourth-order valence-corrected chi connectivity index (χ4v) is 5.22. The molecule has 0 aliphatic carbocycles. The van der Waals surface area contributed by atoms with E-state index in [-0.39, 0.29) is 34.3 Å². The molecule has 0 aliphatic heterocycles. The van der Waals surface area contributed by atoms with Gasteiger partial charge in [0, 0.05) is 22.4 Å². The summed E-state index contributed by atoms with van der Waals surface area (Å²) in [5.41, 5.74) is 3.28. The summed E-state index contributed by atoms with van der Waals surface area (Å²) >= 11 is 0. The average Bonchev–Trinajstić information content (AvgIpc) is 3.25. The Labute approximate surface area is 215 Å². The van der Waals surface area contributed by atoms with Crippen molar-refractivity contribution in [2.75, 3.05) is 21.3 Å². The van der Waals surface area contributed by atoms with Gasteiger partial charge in [0.1, 0.15) is 5.58 Å². The van der Waals surface area contributed by atoms with Gasteiger partial charge >= 0.3 is 5.76 Å². The molecular weight excluding hydrogens is 490 g/mol. The van der Waals surface area contributed by atoms with E-state index in [0.29, 0.717) is 49.5 Å². The quantitative estimate of drug-likeness (QED) is 0.284. The smallest absolute Gasteiger partial charge is 0.424 e. The fourth-order valence-electron chi connectivity index (χ4n) is 5.22. The summed E-state index contributed by atoms with van der Waals surface area (Å²) in [4.78, 5) is 13.4. The number of aryl methyl sites for hydroxylation is 1. The third-order valence-corrected chi connectivity index (χ3v) is 6.96. The first-order chi connectivity index (χ1) is 18.3. The molecule has 0 saturated carbocycles. The molecule has 192 valence electrons. The normalized spacial score (nSPS) is 11.6. The number of phenolic OH excluding ortho intramolecular Hbond substituents is 3. The topological polar surface area (TPSA) is 123 Å². The molecule has 0 fully saturated rings. The molecule has 38 heavy (non-hydrogen) atoms. The van der Waals surface area contributed by atoms with Crippen LogP contribution in [0.1, 0.15) is 5.56 Å². The van der Waals surface area contributed by atoms with E-state index < -0.39 is 5.76 Å². The molecule has 2 aromatic heterocycles. The van der Waals surface area contributed by atoms with Crippen molar-refractivity contribution in [3.05, 3.63) is 64.6 Å². The second-order valence-electron chi connectivity index (χ2n) is 8.99. The molecule has 0 spiro atoms. The standard InChI is InChI=1S/C29H23NO8/c1-13-7-23(35-2)20(32)9-15(13)27-26-16-10-24(36-3)19(31)8-14(16)5-6-18(26)30-28(27)17-11-25(37-4)21(33)12-22(17)38-29(30)34/h5-12,31-33H,1-4H3. The maximum absolute atomic E-state index is 13.4. The summed E-state index contributed by atoms with van der Waals surface area (Å²) in [6.07, 6.45) is 0. The van der Waals surface area contributed by atoms with Gasteiger partial charge in [0.25, 0.3) is 0 Å². The van der Waals surface area contributed by atoms with E-state index in [1.54, 1.807) is 42.5 Å². The molecular formula is C29H23NO8. The van der Waals surface area contributed by atoms with E-state index in [4.69, 9.17) is 18.6 Å². The van der Waals surface area contributed by atoms with Gasteiger partial charge in [-0.25, -0.2) is 9.20 Å². The molecule has 0 aliphatic rings. The second kappa shape index (κ2) is 8.24. The van der Waals surface area contributed by atoms with Gasteiger partial charge in [-0.05, 0) is 65.2 Å². The van der Waals surface area contributed by atoms with E-state index >= 15 is 0 Å². The number of phenols is 3. The molecule has 0 saturated heterocycles. The zero-order valence-electron chi connectivity index (χ0n) is 20.9. The van der Waals surface area contributed by atoms with Crippen LogP contribution in [0.4, 0.5) is 0 Å². The maximum Gasteiger partial charge on any atom is 0.424 e. The largest absolute Gasteiger partial charge is 0.504 e. The van der Waals surface area contributed by atoms with Crippen LogP contribution in [-0.2, 0) is 0 Å². The molecule has 6 rings (SSSR count). The first-order valence-corrected chi connectivity index (χ1v) is 11.7. The van der Waals surface area contributed by atoms with Gasteiger partial charge in [-0.2, -0.15) is 0 Å². The highest BCUT2D eigenvalue weighted by Gasteiger charge is 2.25. The van der Waals surface area contributed by atoms with E-state index in [9.17, 15) is 20.1 Å². The summed E-state index contributed by atoms with van der Waals surface area (Å²) in [6.45, 7) is 1.88. The molecule has 6 aromatic rings. The lowest BCUT2D eigenvalue weighted by Crippen LogP contribution is -2.10. The van der Waals surface area contributed by atoms with Crippen LogP contribution in [0.3, 0.4) is 0 Å². The van der Waals surface area contributed by atoms with Crippen LogP contribution in [0.2, 0.25) is 0 Å². The third kappa shape index (κ3) is 3.15. The molecule has 0 bridgehead atoms. The first-order valence-electron chi connectivity index (χ1n) is 11.7. The Morgan fingerprint density at radius 2 is 1.37 bits per heavy atom. The number of fused-ring (bicyclic) bond motifs is 7. The maximum atomic E-state index is 13.4. The number of rotatable bonds is 4. The van der Waals surface area contributed by atoms with Crippen molar-refractivity contribution < 1.29 is 33.9 Å². The summed E-state index contributed by atoms with van der Waals surface area (Å²) in [7, 11) is 4.37. The van der Waals surface area contributed by atoms with Crippen LogP contribution in [-0.4, -0.2) is 41.0 Å². The second-order valence-corrected chi connectivity index (χ2v) is 8.99. The Kier molecular flexibility index (Phi) is 5.06. The molecule has 9 heteroatoms. The summed E-state index contributed by atoms with van der Waals surface area (Å²) < 4.78 is 23.2. The van der Waals surface area contributed by atoms with Crippen LogP contribution in [0.15, 0.2) is 57.7 Å². The van der Waals surface area contributed by atoms with Crippen molar-refractivity contribution in [1.29, 1.82) is 0 Å². The summed E-state index contributed by atoms with van der Waals surface area (Å²) in [6, 6.07) is 13.2. The lowest BCUT2D eigenvalue weighted by atomic mass is 9.94. The van der Waals surface area contributed by atoms with Gasteiger partial charge in [0.15, 0.2) is 34.5 Å². The van der Waals surface area contributed by atoms with Crippen molar-refractivity contribution in [3.63, 3.8) is 0 Å². The van der Waals surface area contributed by atoms with Crippen molar-refractivity contribution >= 4 is 38.2 Å². The Bertz CT molecular complexity index is 2000. The molecule has 3 N–H and O–H groups in total. The lowest BCUT2D eigenvalue weighted by Gasteiger charge is -2.13. The van der Waals surface area contributed by atoms with E-state index in [0.717, 1.165) is 5.56 Å². The zero-order valence-corrected chi connectivity index (χ0v) is 20.9. The van der Waals surface area contributed by atoms with Crippen LogP contribution in [0.25, 0.3) is 49.3 Å². The molecule has 0 amide bonds. The highest BCUT2D eigenvalue weighted by molar-refractivity contribution is 6.22. The minimum Gasteiger partial charge on any atom is -0.504 e. The van der Waals surface area contributed by atoms with Gasteiger partial charge in [0.2, 0.25) is 0 Å². The summed E-state index contributed by atoms with van der Waals surface area (Å²) in [5, 5.41) is 34.2. The van der Waals surface area contributed by atoms with Crippen molar-refractivity contribution in [2.24, 2.45) is 0 Å². The van der Waals surface area contributed by atoms with E-state index in [2.05, 4.69) is 0 Å². The van der Waals surface area contributed by atoms with Crippen LogP contribution in [0.5, 0.6) is 34.5 Å². The first kappa shape index (κ1) is 23.4. The van der Waals surface area contributed by atoms with Gasteiger partial charge in [0.05, 0.1) is 32.4 Å². The number of nitrogens with zero attached hydrogens (tertiary/aromatic N) is 1. The molecule has 0 atom stereocenters. The van der Waals surface area contributed by atoms with Crippen molar-refractivity contribution in [2.45, 2.75) is 6.92 Å². The molecule has 9 nitrogen and oxygen atoms in total. The number of hydrogen-bond donors (Lipinski definition) is 3. The van der Waals surface area contributed by atoms with E-state index in [1.165, 1.54) is 31.8 Å². The Balaban J connectivity index is 1.95. The summed E-state index contributed by atoms with van der Waals surface area (Å²) in [5.74, 6) is -0.139. The highest BCUT2D eigenvalue weighted by Crippen LogP contribution is 2.47. The number of benzene rings is 4. The molecule has 4 aromatic carbocycles. The monoisotopic (exact) mass is 513 g/mol. The third-order valence-electron chi connectivity index (χ3n) is 6.96. The predicted molar refractivity (Wildman–Crippen MR) is 143 cm³/mol. The Hall–Kier alpha value is -5.05. The molecule has 0 unspecified atom stereocenters. The zero-order chi connectivity index (χ0) is 26.9. The Morgan fingerprint density at radius 3 is 2.05 bits per heavy atom. The van der Waals surface area contributed by atoms with Crippen LogP contribution >= 0.6 is 0 Å². The van der Waals surface area contributed by atoms with Gasteiger partial charge in [-0.1, -0.05) is 6.07 Å². The SMILES string of the molecule is COc1cc(C)c(-c2c3c4cc(OC)c(O)cc4ccc3n3c(=O)oc4cc(O)c(OC)cc4c23)cc1O. The highest BCUT2D eigenvalue weighted by atomic mass is 16.5. The minimum absolute atomic E-state index is 0.0203. The number of hydrogen-bond acceptors (Lipinski definition) is 8. The van der Waals surface area contributed by atoms with Gasteiger partial charge in [-0.3, -0.25) is 0 Å². The number of aromatic nitrogens is 1. The van der Waals surface area contributed by atoms with E-state index in [1.807, 2.05) is 6.92 Å². The van der Waals surface area contributed by atoms with Crippen LogP contribution < -0.4 is 20.0 Å². The fraction of sp³-hybridized carbons (Fsp3) is 0.138. The average molecular weight is 514 g/mol. The number of ether oxygens (including phenoxy) is 3. The van der Waals surface area contributed by atoms with Gasteiger partial charge < -0.3 is 33.9 Å². The van der Waals surface area contributed by atoms with Crippen LogP contribution in [0, 0.1) is 6.92 Å². The Morgan fingerprint density at radius 1 is 0.763 bits per heavy atom. The van der Waals surface area contributed by atoms with Gasteiger partial charge in [-0.15, -0.1) is 0 Å². The van der Waals surface area contributed by atoms with Crippen molar-refractivity contribution in [3.8, 4) is 45.6 Å².